The third-order valence-electron chi connectivity index (χ3n) is 3.20. The first-order chi connectivity index (χ1) is 10.9. The van der Waals surface area contributed by atoms with Gasteiger partial charge in [-0.05, 0) is 42.0 Å². The summed E-state index contributed by atoms with van der Waals surface area (Å²) in [6.45, 7) is -0.128. The lowest BCUT2D eigenvalue weighted by Crippen LogP contribution is -2.35. The molecule has 120 valence electrons. The maximum Gasteiger partial charge on any atom is 0.243 e. The van der Waals surface area contributed by atoms with E-state index in [0.29, 0.717) is 11.3 Å². The topological polar surface area (TPSA) is 49.4 Å². The minimum atomic E-state index is -0.394. The average molecular weight is 318 g/mol. The first-order valence-corrected chi connectivity index (χ1v) is 6.98. The van der Waals surface area contributed by atoms with Crippen molar-refractivity contribution in [1.29, 1.82) is 0 Å². The Kier molecular flexibility index (Phi) is 5.41. The maximum absolute atomic E-state index is 12.8. The summed E-state index contributed by atoms with van der Waals surface area (Å²) < 4.78 is 25.6. The van der Waals surface area contributed by atoms with E-state index in [0.717, 1.165) is 0 Å². The fourth-order valence-corrected chi connectivity index (χ4v) is 1.95. The van der Waals surface area contributed by atoms with Crippen LogP contribution in [-0.2, 0) is 16.0 Å². The summed E-state index contributed by atoms with van der Waals surface area (Å²) in [6.07, 6.45) is 0.0839. The second-order valence-electron chi connectivity index (χ2n) is 5.11. The van der Waals surface area contributed by atoms with Crippen molar-refractivity contribution in [1.82, 2.24) is 4.90 Å². The highest BCUT2D eigenvalue weighted by Gasteiger charge is 2.13. The summed E-state index contributed by atoms with van der Waals surface area (Å²) in [4.78, 5) is 25.2. The maximum atomic E-state index is 12.8. The number of halogens is 2. The molecule has 2 aromatic rings. The van der Waals surface area contributed by atoms with Crippen LogP contribution in [0.15, 0.2) is 48.5 Å². The van der Waals surface area contributed by atoms with E-state index in [1.807, 2.05) is 0 Å². The van der Waals surface area contributed by atoms with Gasteiger partial charge in [-0.3, -0.25) is 9.59 Å². The summed E-state index contributed by atoms with van der Waals surface area (Å²) in [5, 5.41) is 2.58. The largest absolute Gasteiger partial charge is 0.336 e. The van der Waals surface area contributed by atoms with E-state index < -0.39 is 5.82 Å². The van der Waals surface area contributed by atoms with Crippen LogP contribution in [0.25, 0.3) is 0 Å². The average Bonchev–Trinajstić information content (AvgIpc) is 2.51. The molecule has 2 aromatic carbocycles. The number of nitrogens with zero attached hydrogens (tertiary/aromatic N) is 1. The molecule has 0 heterocycles. The predicted octanol–water partition coefficient (Wildman–Crippen LogP) is 2.60. The highest BCUT2D eigenvalue weighted by atomic mass is 19.1. The molecule has 0 aliphatic rings. The third kappa shape index (κ3) is 5.18. The number of hydrogen-bond acceptors (Lipinski definition) is 2. The molecule has 0 bridgehead atoms. The van der Waals surface area contributed by atoms with Crippen molar-refractivity contribution < 1.29 is 18.4 Å². The molecule has 0 aliphatic heterocycles. The first-order valence-electron chi connectivity index (χ1n) is 6.98. The van der Waals surface area contributed by atoms with Crippen molar-refractivity contribution >= 4 is 17.5 Å². The predicted molar refractivity (Wildman–Crippen MR) is 82.8 cm³/mol. The zero-order chi connectivity index (χ0) is 16.8. The van der Waals surface area contributed by atoms with Crippen LogP contribution in [0.4, 0.5) is 14.5 Å². The number of benzene rings is 2. The van der Waals surface area contributed by atoms with Crippen LogP contribution in [0.5, 0.6) is 0 Å². The van der Waals surface area contributed by atoms with Gasteiger partial charge in [-0.15, -0.1) is 0 Å². The number of likely N-dealkylation sites (N-methyl/N-ethyl adjacent to an activating group) is 1. The zero-order valence-electron chi connectivity index (χ0n) is 12.6. The quantitative estimate of drug-likeness (QED) is 0.921. The minimum Gasteiger partial charge on any atom is -0.336 e. The van der Waals surface area contributed by atoms with Crippen LogP contribution in [0.1, 0.15) is 5.56 Å². The van der Waals surface area contributed by atoms with Crippen LogP contribution >= 0.6 is 0 Å². The lowest BCUT2D eigenvalue weighted by molar-refractivity contribution is -0.132. The van der Waals surface area contributed by atoms with E-state index in [9.17, 15) is 18.4 Å². The van der Waals surface area contributed by atoms with Crippen LogP contribution in [0, 0.1) is 11.6 Å². The fraction of sp³-hybridized carbons (Fsp3) is 0.176. The van der Waals surface area contributed by atoms with Crippen molar-refractivity contribution in [3.05, 3.63) is 65.7 Å². The number of rotatable bonds is 5. The van der Waals surface area contributed by atoms with Gasteiger partial charge in [0, 0.05) is 12.7 Å². The van der Waals surface area contributed by atoms with Crippen LogP contribution < -0.4 is 5.32 Å². The molecule has 6 heteroatoms. The molecular weight excluding hydrogens is 302 g/mol. The highest BCUT2D eigenvalue weighted by molar-refractivity contribution is 5.94. The molecule has 1 N–H and O–H groups in total. The Morgan fingerprint density at radius 3 is 2.04 bits per heavy atom. The summed E-state index contributed by atoms with van der Waals surface area (Å²) >= 11 is 0. The van der Waals surface area contributed by atoms with Gasteiger partial charge in [-0.2, -0.15) is 0 Å². The van der Waals surface area contributed by atoms with E-state index in [4.69, 9.17) is 0 Å². The number of anilines is 1. The molecule has 0 saturated carbocycles. The molecule has 23 heavy (non-hydrogen) atoms. The Morgan fingerprint density at radius 2 is 1.48 bits per heavy atom. The smallest absolute Gasteiger partial charge is 0.243 e. The molecule has 0 aromatic heterocycles. The Labute approximate surface area is 132 Å². The summed E-state index contributed by atoms with van der Waals surface area (Å²) in [7, 11) is 1.51. The summed E-state index contributed by atoms with van der Waals surface area (Å²) in [5.74, 6) is -1.40. The van der Waals surface area contributed by atoms with Gasteiger partial charge in [0.15, 0.2) is 0 Å². The Hall–Kier alpha value is -2.76. The molecule has 0 saturated heterocycles. The SMILES string of the molecule is CN(CC(=O)Nc1ccc(F)cc1)C(=O)Cc1ccc(F)cc1. The van der Waals surface area contributed by atoms with Gasteiger partial charge < -0.3 is 10.2 Å². The van der Waals surface area contributed by atoms with Crippen molar-refractivity contribution in [2.24, 2.45) is 0 Å². The number of hydrogen-bond donors (Lipinski definition) is 1. The Balaban J connectivity index is 1.86. The number of carbonyl (C=O) groups excluding carboxylic acids is 2. The Morgan fingerprint density at radius 1 is 0.957 bits per heavy atom. The zero-order valence-corrected chi connectivity index (χ0v) is 12.6. The lowest BCUT2D eigenvalue weighted by Gasteiger charge is -2.17. The molecule has 0 atom stereocenters. The summed E-state index contributed by atoms with van der Waals surface area (Å²) in [6, 6.07) is 11.0. The van der Waals surface area contributed by atoms with E-state index in [1.165, 1.54) is 60.5 Å². The van der Waals surface area contributed by atoms with Crippen LogP contribution in [-0.4, -0.2) is 30.3 Å². The molecule has 0 fully saturated rings. The number of carbonyl (C=O) groups is 2. The molecule has 4 nitrogen and oxygen atoms in total. The number of nitrogens with one attached hydrogen (secondary N) is 1. The van der Waals surface area contributed by atoms with E-state index in [1.54, 1.807) is 0 Å². The normalized spacial score (nSPS) is 10.2. The van der Waals surface area contributed by atoms with Gasteiger partial charge in [0.1, 0.15) is 11.6 Å². The van der Waals surface area contributed by atoms with Gasteiger partial charge in [0.25, 0.3) is 0 Å². The molecule has 0 aliphatic carbocycles. The molecule has 2 rings (SSSR count). The van der Waals surface area contributed by atoms with E-state index in [-0.39, 0.29) is 30.6 Å². The third-order valence-corrected chi connectivity index (χ3v) is 3.20. The lowest BCUT2D eigenvalue weighted by atomic mass is 10.1. The fourth-order valence-electron chi connectivity index (χ4n) is 1.95. The second-order valence-corrected chi connectivity index (χ2v) is 5.11. The monoisotopic (exact) mass is 318 g/mol. The van der Waals surface area contributed by atoms with Crippen molar-refractivity contribution in [3.63, 3.8) is 0 Å². The first kappa shape index (κ1) is 16.6. The molecule has 0 spiro atoms. The standard InChI is InChI=1S/C17H16F2N2O2/c1-21(17(23)10-12-2-4-13(18)5-3-12)11-16(22)20-15-8-6-14(19)7-9-15/h2-9H,10-11H2,1H3,(H,20,22). The molecule has 2 amide bonds. The molecular formula is C17H16F2N2O2. The minimum absolute atomic E-state index is 0.0839. The number of amides is 2. The van der Waals surface area contributed by atoms with Crippen LogP contribution in [0.3, 0.4) is 0 Å². The van der Waals surface area contributed by atoms with Crippen LogP contribution in [0.2, 0.25) is 0 Å². The van der Waals surface area contributed by atoms with Gasteiger partial charge in [-0.25, -0.2) is 8.78 Å². The van der Waals surface area contributed by atoms with Gasteiger partial charge in [0.05, 0.1) is 13.0 Å². The van der Waals surface area contributed by atoms with E-state index in [2.05, 4.69) is 5.32 Å². The molecule has 0 unspecified atom stereocenters. The van der Waals surface area contributed by atoms with Crippen molar-refractivity contribution in [2.45, 2.75) is 6.42 Å². The van der Waals surface area contributed by atoms with Crippen molar-refractivity contribution in [2.75, 3.05) is 18.9 Å². The van der Waals surface area contributed by atoms with Gasteiger partial charge in [-0.1, -0.05) is 12.1 Å². The Bertz CT molecular complexity index is 685. The van der Waals surface area contributed by atoms with Crippen molar-refractivity contribution in [3.8, 4) is 0 Å². The van der Waals surface area contributed by atoms with E-state index >= 15 is 0 Å². The second kappa shape index (κ2) is 7.49. The highest BCUT2D eigenvalue weighted by Crippen LogP contribution is 2.09. The summed E-state index contributed by atoms with van der Waals surface area (Å²) in [5.41, 5.74) is 1.12. The van der Waals surface area contributed by atoms with Gasteiger partial charge >= 0.3 is 0 Å². The molecule has 0 radical (unpaired) electrons. The van der Waals surface area contributed by atoms with Gasteiger partial charge in [0.2, 0.25) is 11.8 Å².